The number of carbonyl (C=O) groups excluding carboxylic acids is 1. The molecule has 2 heterocycles. The molecule has 2 atom stereocenters. The highest BCUT2D eigenvalue weighted by Gasteiger charge is 2.38. The second kappa shape index (κ2) is 10.8. The summed E-state index contributed by atoms with van der Waals surface area (Å²) in [5.41, 5.74) is 3.48. The van der Waals surface area contributed by atoms with Crippen LogP contribution in [0.15, 0.2) is 36.7 Å². The minimum Gasteiger partial charge on any atom is -0.353 e. The Morgan fingerprint density at radius 1 is 1.16 bits per heavy atom. The molecule has 1 aliphatic heterocycles. The molecule has 1 aromatic heterocycles. The first-order valence-electron chi connectivity index (χ1n) is 11.3. The quantitative estimate of drug-likeness (QED) is 0.329. The van der Waals surface area contributed by atoms with Gasteiger partial charge in [-0.3, -0.25) is 10.0 Å². The third-order valence-electron chi connectivity index (χ3n) is 6.37. The van der Waals surface area contributed by atoms with E-state index in [1.165, 1.54) is 18.4 Å². The molecule has 9 heteroatoms. The Balaban J connectivity index is 1.08. The van der Waals surface area contributed by atoms with Crippen LogP contribution in [-0.2, 0) is 11.2 Å². The number of hydroxylamine groups is 1. The fraction of sp³-hybridized carbons (Fsp3) is 0.522. The Morgan fingerprint density at radius 3 is 2.56 bits per heavy atom. The third kappa shape index (κ3) is 6.44. The van der Waals surface area contributed by atoms with Gasteiger partial charge in [0.2, 0.25) is 11.9 Å². The van der Waals surface area contributed by atoms with Gasteiger partial charge in [0.1, 0.15) is 5.82 Å². The first kappa shape index (κ1) is 22.6. The van der Waals surface area contributed by atoms with E-state index in [1.54, 1.807) is 30.0 Å². The number of hydrogen-bond donors (Lipinski definition) is 4. The van der Waals surface area contributed by atoms with Crippen molar-refractivity contribution < 1.29 is 14.4 Å². The summed E-state index contributed by atoms with van der Waals surface area (Å²) < 4.78 is 13.1. The molecule has 1 aliphatic carbocycles. The zero-order valence-corrected chi connectivity index (χ0v) is 18.1. The Kier molecular flexibility index (Phi) is 7.62. The van der Waals surface area contributed by atoms with Crippen LogP contribution in [0.5, 0.6) is 0 Å². The van der Waals surface area contributed by atoms with Gasteiger partial charge in [-0.2, -0.15) is 0 Å². The number of nitrogens with one attached hydrogen (secondary N) is 3. The monoisotopic (exact) mass is 442 g/mol. The summed E-state index contributed by atoms with van der Waals surface area (Å²) in [6.45, 7) is 4.95. The van der Waals surface area contributed by atoms with E-state index in [-0.39, 0.29) is 12.2 Å². The minimum absolute atomic E-state index is 0.0498. The predicted octanol–water partition coefficient (Wildman–Crippen LogP) is 1.93. The summed E-state index contributed by atoms with van der Waals surface area (Å²) in [6.07, 6.45) is 6.76. The normalized spacial score (nSPS) is 21.3. The van der Waals surface area contributed by atoms with E-state index in [1.807, 2.05) is 12.1 Å². The number of aromatic nitrogens is 2. The van der Waals surface area contributed by atoms with Crippen LogP contribution in [0.2, 0.25) is 0 Å². The molecule has 172 valence electrons. The van der Waals surface area contributed by atoms with Crippen molar-refractivity contribution in [2.24, 2.45) is 5.92 Å². The number of halogens is 1. The standard InChI is InChI=1S/C23H31FN6O2/c24-19-3-1-18(2-4-19)20-12-21(20)26-13-16-5-8-30(9-6-16)10-7-25-23-27-14-17(15-28-23)11-22(31)29-32/h1-4,14-16,20-21,26,32H,5-13H2,(H,29,31)(H,25,27,28). The molecule has 8 nitrogen and oxygen atoms in total. The topological polar surface area (TPSA) is 102 Å². The fourth-order valence-corrected chi connectivity index (χ4v) is 4.32. The minimum atomic E-state index is -0.488. The Morgan fingerprint density at radius 2 is 1.88 bits per heavy atom. The van der Waals surface area contributed by atoms with Crippen molar-refractivity contribution in [1.29, 1.82) is 0 Å². The lowest BCUT2D eigenvalue weighted by atomic mass is 9.96. The van der Waals surface area contributed by atoms with Crippen LogP contribution in [-0.4, -0.2) is 64.7 Å². The summed E-state index contributed by atoms with van der Waals surface area (Å²) >= 11 is 0. The maximum atomic E-state index is 13.1. The van der Waals surface area contributed by atoms with Crippen molar-refractivity contribution in [3.63, 3.8) is 0 Å². The van der Waals surface area contributed by atoms with Crippen LogP contribution in [0.4, 0.5) is 10.3 Å². The first-order valence-corrected chi connectivity index (χ1v) is 11.3. The van der Waals surface area contributed by atoms with E-state index in [0.717, 1.165) is 39.1 Å². The van der Waals surface area contributed by atoms with Crippen molar-refractivity contribution in [2.75, 3.05) is 38.0 Å². The fourth-order valence-electron chi connectivity index (χ4n) is 4.32. The molecular formula is C23H31FN6O2. The molecule has 1 aromatic carbocycles. The highest BCUT2D eigenvalue weighted by Crippen LogP contribution is 2.40. The van der Waals surface area contributed by atoms with E-state index in [2.05, 4.69) is 25.5 Å². The van der Waals surface area contributed by atoms with Gasteiger partial charge in [0.15, 0.2) is 0 Å². The Bertz CT molecular complexity index is 871. The van der Waals surface area contributed by atoms with Crippen molar-refractivity contribution in [3.05, 3.63) is 53.6 Å². The van der Waals surface area contributed by atoms with Crippen LogP contribution in [0.1, 0.15) is 36.3 Å². The average molecular weight is 443 g/mol. The van der Waals surface area contributed by atoms with Crippen LogP contribution in [0.25, 0.3) is 0 Å². The molecule has 2 unspecified atom stereocenters. The van der Waals surface area contributed by atoms with Crippen molar-refractivity contribution in [2.45, 2.75) is 37.6 Å². The van der Waals surface area contributed by atoms with E-state index in [9.17, 15) is 9.18 Å². The van der Waals surface area contributed by atoms with Crippen molar-refractivity contribution in [1.82, 2.24) is 25.7 Å². The molecule has 2 aromatic rings. The molecule has 2 aliphatic rings. The molecule has 1 saturated heterocycles. The van der Waals surface area contributed by atoms with Crippen LogP contribution in [0.3, 0.4) is 0 Å². The SMILES string of the molecule is O=C(Cc1cnc(NCCN2CCC(CNC3CC3c3ccc(F)cc3)CC2)nc1)NO. The number of nitrogens with zero attached hydrogens (tertiary/aromatic N) is 3. The van der Waals surface area contributed by atoms with Gasteiger partial charge in [-0.1, -0.05) is 12.1 Å². The molecule has 2 fully saturated rings. The highest BCUT2D eigenvalue weighted by molar-refractivity contribution is 5.77. The van der Waals surface area contributed by atoms with Crippen LogP contribution in [0, 0.1) is 11.7 Å². The maximum absolute atomic E-state index is 13.1. The largest absolute Gasteiger partial charge is 0.353 e. The summed E-state index contributed by atoms with van der Waals surface area (Å²) in [7, 11) is 0. The number of piperidine rings is 1. The van der Waals surface area contributed by atoms with Gasteiger partial charge >= 0.3 is 0 Å². The molecule has 1 saturated carbocycles. The lowest BCUT2D eigenvalue weighted by molar-refractivity contribution is -0.128. The van der Waals surface area contributed by atoms with E-state index >= 15 is 0 Å². The lowest BCUT2D eigenvalue weighted by Gasteiger charge is -2.32. The molecule has 32 heavy (non-hydrogen) atoms. The third-order valence-corrected chi connectivity index (χ3v) is 6.37. The van der Waals surface area contributed by atoms with Crippen molar-refractivity contribution >= 4 is 11.9 Å². The molecule has 0 spiro atoms. The number of rotatable bonds is 10. The van der Waals surface area contributed by atoms with Crippen molar-refractivity contribution in [3.8, 4) is 0 Å². The van der Waals surface area contributed by atoms with Gasteiger partial charge in [-0.15, -0.1) is 0 Å². The van der Waals surface area contributed by atoms with Gasteiger partial charge in [-0.05, 0) is 68.1 Å². The van der Waals surface area contributed by atoms with E-state index < -0.39 is 5.91 Å². The number of amides is 1. The number of anilines is 1. The smallest absolute Gasteiger partial charge is 0.247 e. The second-order valence-electron chi connectivity index (χ2n) is 8.75. The number of carbonyl (C=O) groups is 1. The van der Waals surface area contributed by atoms with Crippen LogP contribution < -0.4 is 16.1 Å². The summed E-state index contributed by atoms with van der Waals surface area (Å²) in [6, 6.07) is 7.45. The zero-order valence-electron chi connectivity index (χ0n) is 18.1. The lowest BCUT2D eigenvalue weighted by Crippen LogP contribution is -2.39. The Labute approximate surface area is 187 Å². The summed E-state index contributed by atoms with van der Waals surface area (Å²) in [5.74, 6) is 1.12. The average Bonchev–Trinajstić information content (AvgIpc) is 3.60. The van der Waals surface area contributed by atoms with E-state index in [4.69, 9.17) is 5.21 Å². The molecule has 0 radical (unpaired) electrons. The summed E-state index contributed by atoms with van der Waals surface area (Å²) in [5, 5.41) is 15.5. The number of likely N-dealkylation sites (tertiary alicyclic amines) is 1. The first-order chi connectivity index (χ1) is 15.6. The Hall–Kier alpha value is -2.62. The zero-order chi connectivity index (χ0) is 22.3. The predicted molar refractivity (Wildman–Crippen MR) is 119 cm³/mol. The van der Waals surface area contributed by atoms with Gasteiger partial charge in [0, 0.05) is 37.4 Å². The van der Waals surface area contributed by atoms with E-state index in [0.29, 0.717) is 29.4 Å². The molecule has 4 rings (SSSR count). The maximum Gasteiger partial charge on any atom is 0.247 e. The summed E-state index contributed by atoms with van der Waals surface area (Å²) in [4.78, 5) is 22.0. The molecular weight excluding hydrogens is 411 g/mol. The van der Waals surface area contributed by atoms with Gasteiger partial charge in [0.05, 0.1) is 6.42 Å². The number of hydrogen-bond acceptors (Lipinski definition) is 7. The number of benzene rings is 1. The van der Waals surface area contributed by atoms with Gasteiger partial charge in [-0.25, -0.2) is 19.8 Å². The highest BCUT2D eigenvalue weighted by atomic mass is 19.1. The second-order valence-corrected chi connectivity index (χ2v) is 8.75. The molecule has 0 bridgehead atoms. The van der Waals surface area contributed by atoms with Gasteiger partial charge < -0.3 is 15.5 Å². The molecule has 1 amide bonds. The van der Waals surface area contributed by atoms with Gasteiger partial charge in [0.25, 0.3) is 0 Å². The molecule has 4 N–H and O–H groups in total. The van der Waals surface area contributed by atoms with Crippen LogP contribution >= 0.6 is 0 Å².